The average Bonchev–Trinajstić information content (AvgIpc) is 2.36. The largest absolute Gasteiger partial charge is 0.298 e. The molecule has 1 aromatic carbocycles. The van der Waals surface area contributed by atoms with E-state index in [9.17, 15) is 9.59 Å². The summed E-state index contributed by atoms with van der Waals surface area (Å²) < 4.78 is 0. The Morgan fingerprint density at radius 1 is 1.24 bits per heavy atom. The van der Waals surface area contributed by atoms with Crippen molar-refractivity contribution in [3.8, 4) is 0 Å². The van der Waals surface area contributed by atoms with Gasteiger partial charge in [0, 0.05) is 11.1 Å². The van der Waals surface area contributed by atoms with Crippen molar-refractivity contribution in [1.29, 1.82) is 0 Å². The summed E-state index contributed by atoms with van der Waals surface area (Å²) in [5.41, 5.74) is 5.23. The molecular weight excluding hydrogens is 212 g/mol. The zero-order valence-corrected chi connectivity index (χ0v) is 9.82. The Bertz CT molecular complexity index is 536. The molecule has 2 rings (SSSR count). The number of carbonyl (C=O) groups excluding carboxylic acids is 2. The minimum atomic E-state index is 0.532. The van der Waals surface area contributed by atoms with E-state index in [1.165, 1.54) is 0 Å². The number of carbonyl (C=O) groups is 2. The second kappa shape index (κ2) is 4.50. The molecule has 0 bridgehead atoms. The van der Waals surface area contributed by atoms with E-state index in [1.807, 2.05) is 25.1 Å². The molecule has 0 radical (unpaired) electrons. The van der Waals surface area contributed by atoms with Crippen LogP contribution < -0.4 is 0 Å². The van der Waals surface area contributed by atoms with Crippen molar-refractivity contribution >= 4 is 23.7 Å². The standard InChI is InChI=1S/C15H14O2/c1-10(2)12-4-3-5-13-14(12)7-6-11(8-16)15(13)9-17/h3-5,8-9H,1,6-7H2,2H3. The van der Waals surface area contributed by atoms with Gasteiger partial charge >= 0.3 is 0 Å². The summed E-state index contributed by atoms with van der Waals surface area (Å²) in [5, 5.41) is 0. The van der Waals surface area contributed by atoms with Gasteiger partial charge in [-0.1, -0.05) is 30.4 Å². The molecule has 1 aliphatic rings. The Balaban J connectivity index is 2.69. The van der Waals surface area contributed by atoms with Crippen LogP contribution in [0.5, 0.6) is 0 Å². The molecule has 0 fully saturated rings. The van der Waals surface area contributed by atoms with Crippen LogP contribution in [-0.4, -0.2) is 12.6 Å². The van der Waals surface area contributed by atoms with Crippen LogP contribution in [0.2, 0.25) is 0 Å². The summed E-state index contributed by atoms with van der Waals surface area (Å²) in [6.07, 6.45) is 3.00. The first-order chi connectivity index (χ1) is 8.19. The van der Waals surface area contributed by atoms with Crippen molar-refractivity contribution in [2.24, 2.45) is 0 Å². The van der Waals surface area contributed by atoms with E-state index in [1.54, 1.807) is 0 Å². The van der Waals surface area contributed by atoms with Gasteiger partial charge in [-0.2, -0.15) is 0 Å². The van der Waals surface area contributed by atoms with Crippen LogP contribution in [0.1, 0.15) is 30.0 Å². The molecule has 1 aromatic rings. The van der Waals surface area contributed by atoms with E-state index in [0.717, 1.165) is 41.3 Å². The molecule has 0 aromatic heterocycles. The summed E-state index contributed by atoms with van der Waals surface area (Å²) in [7, 11) is 0. The van der Waals surface area contributed by atoms with Crippen molar-refractivity contribution in [3.05, 3.63) is 47.0 Å². The maximum Gasteiger partial charge on any atom is 0.151 e. The summed E-state index contributed by atoms with van der Waals surface area (Å²) in [5.74, 6) is 0. The minimum Gasteiger partial charge on any atom is -0.298 e. The topological polar surface area (TPSA) is 34.1 Å². The van der Waals surface area contributed by atoms with Crippen LogP contribution in [0, 0.1) is 0 Å². The smallest absolute Gasteiger partial charge is 0.151 e. The Kier molecular flexibility index (Phi) is 3.05. The third-order valence-electron chi connectivity index (χ3n) is 3.18. The molecule has 86 valence electrons. The lowest BCUT2D eigenvalue weighted by atomic mass is 9.83. The van der Waals surface area contributed by atoms with E-state index in [0.29, 0.717) is 17.6 Å². The number of allylic oxidation sites excluding steroid dienone is 3. The van der Waals surface area contributed by atoms with Crippen LogP contribution >= 0.6 is 0 Å². The maximum absolute atomic E-state index is 11.1. The number of rotatable bonds is 3. The normalized spacial score (nSPS) is 14.2. The second-order valence-electron chi connectivity index (χ2n) is 4.29. The van der Waals surface area contributed by atoms with E-state index in [4.69, 9.17) is 0 Å². The summed E-state index contributed by atoms with van der Waals surface area (Å²) in [4.78, 5) is 22.1. The molecular formula is C15H14O2. The number of hydrogen-bond acceptors (Lipinski definition) is 2. The van der Waals surface area contributed by atoms with Crippen molar-refractivity contribution in [2.45, 2.75) is 19.8 Å². The summed E-state index contributed by atoms with van der Waals surface area (Å²) in [6, 6.07) is 5.81. The number of fused-ring (bicyclic) bond motifs is 1. The highest BCUT2D eigenvalue weighted by Crippen LogP contribution is 2.33. The molecule has 0 amide bonds. The first-order valence-corrected chi connectivity index (χ1v) is 5.60. The fourth-order valence-electron chi connectivity index (χ4n) is 2.34. The highest BCUT2D eigenvalue weighted by atomic mass is 16.1. The maximum atomic E-state index is 11.1. The third-order valence-corrected chi connectivity index (χ3v) is 3.18. The van der Waals surface area contributed by atoms with E-state index in [-0.39, 0.29) is 0 Å². The lowest BCUT2D eigenvalue weighted by Crippen LogP contribution is -2.09. The molecule has 0 N–H and O–H groups in total. The van der Waals surface area contributed by atoms with Crippen molar-refractivity contribution in [3.63, 3.8) is 0 Å². The molecule has 2 nitrogen and oxygen atoms in total. The first-order valence-electron chi connectivity index (χ1n) is 5.60. The fourth-order valence-corrected chi connectivity index (χ4v) is 2.34. The van der Waals surface area contributed by atoms with Gasteiger partial charge in [-0.15, -0.1) is 0 Å². The molecule has 0 saturated carbocycles. The van der Waals surface area contributed by atoms with Gasteiger partial charge in [0.1, 0.15) is 6.29 Å². The molecule has 0 spiro atoms. The van der Waals surface area contributed by atoms with Gasteiger partial charge in [-0.25, -0.2) is 0 Å². The van der Waals surface area contributed by atoms with E-state index >= 15 is 0 Å². The second-order valence-corrected chi connectivity index (χ2v) is 4.29. The summed E-state index contributed by atoms with van der Waals surface area (Å²) >= 11 is 0. The summed E-state index contributed by atoms with van der Waals surface area (Å²) in [6.45, 7) is 5.90. The predicted molar refractivity (Wildman–Crippen MR) is 68.5 cm³/mol. The van der Waals surface area contributed by atoms with Gasteiger partial charge in [0.25, 0.3) is 0 Å². The van der Waals surface area contributed by atoms with Crippen LogP contribution in [0.3, 0.4) is 0 Å². The van der Waals surface area contributed by atoms with Gasteiger partial charge < -0.3 is 0 Å². The Morgan fingerprint density at radius 2 is 2.00 bits per heavy atom. The van der Waals surface area contributed by atoms with Crippen LogP contribution in [0.4, 0.5) is 0 Å². The fraction of sp³-hybridized carbons (Fsp3) is 0.200. The zero-order valence-electron chi connectivity index (χ0n) is 9.82. The Morgan fingerprint density at radius 3 is 2.59 bits per heavy atom. The quantitative estimate of drug-likeness (QED) is 0.743. The average molecular weight is 226 g/mol. The van der Waals surface area contributed by atoms with E-state index in [2.05, 4.69) is 6.58 Å². The van der Waals surface area contributed by atoms with Gasteiger partial charge in [0.05, 0.1) is 0 Å². The number of aldehydes is 2. The highest BCUT2D eigenvalue weighted by Gasteiger charge is 2.20. The highest BCUT2D eigenvalue weighted by molar-refractivity contribution is 6.14. The molecule has 0 aliphatic heterocycles. The Hall–Kier alpha value is -1.96. The molecule has 2 heteroatoms. The molecule has 0 heterocycles. The Labute approximate surface area is 101 Å². The van der Waals surface area contributed by atoms with Gasteiger partial charge in [-0.3, -0.25) is 9.59 Å². The van der Waals surface area contributed by atoms with Crippen molar-refractivity contribution in [2.75, 3.05) is 0 Å². The molecule has 17 heavy (non-hydrogen) atoms. The first kappa shape index (κ1) is 11.5. The van der Waals surface area contributed by atoms with Crippen molar-refractivity contribution in [1.82, 2.24) is 0 Å². The van der Waals surface area contributed by atoms with E-state index < -0.39 is 0 Å². The zero-order chi connectivity index (χ0) is 12.4. The lowest BCUT2D eigenvalue weighted by molar-refractivity contribution is -0.106. The van der Waals surface area contributed by atoms with Crippen molar-refractivity contribution < 1.29 is 9.59 Å². The molecule has 0 saturated heterocycles. The number of hydrogen-bond donors (Lipinski definition) is 0. The van der Waals surface area contributed by atoms with Crippen LogP contribution in [0.15, 0.2) is 30.4 Å². The minimum absolute atomic E-state index is 0.532. The molecule has 1 aliphatic carbocycles. The number of benzene rings is 1. The predicted octanol–water partition coefficient (Wildman–Crippen LogP) is 2.82. The third kappa shape index (κ3) is 1.86. The monoisotopic (exact) mass is 226 g/mol. The van der Waals surface area contributed by atoms with Gasteiger partial charge in [0.2, 0.25) is 0 Å². The van der Waals surface area contributed by atoms with Crippen LogP contribution in [-0.2, 0) is 16.0 Å². The lowest BCUT2D eigenvalue weighted by Gasteiger charge is -2.20. The van der Waals surface area contributed by atoms with Crippen LogP contribution in [0.25, 0.3) is 11.1 Å². The molecule has 0 atom stereocenters. The van der Waals surface area contributed by atoms with Gasteiger partial charge in [0.15, 0.2) is 6.29 Å². The SMILES string of the molecule is C=C(C)c1cccc2c1CCC(C=O)=C2C=O. The van der Waals surface area contributed by atoms with Gasteiger partial charge in [-0.05, 0) is 36.5 Å². The molecule has 0 unspecified atom stereocenters.